The summed E-state index contributed by atoms with van der Waals surface area (Å²) in [7, 11) is 1.95. The zero-order chi connectivity index (χ0) is 28.1. The maximum Gasteiger partial charge on any atom is 0.342 e. The van der Waals surface area contributed by atoms with Gasteiger partial charge in [0.05, 0.1) is 31.8 Å². The number of fused-ring (bicyclic) bond motifs is 4. The molecule has 0 saturated carbocycles. The number of halogens is 4. The molecular formula is C30H23Cl4NO4. The largest absolute Gasteiger partial charge is 0.491 e. The molecule has 9 heteroatoms. The van der Waals surface area contributed by atoms with E-state index in [0.717, 1.165) is 11.4 Å². The molecule has 0 bridgehead atoms. The Balaban J connectivity index is 1.73. The highest BCUT2D eigenvalue weighted by molar-refractivity contribution is 6.50. The number of carbonyl (C=O) groups is 1. The fourth-order valence-electron chi connectivity index (χ4n) is 4.64. The van der Waals surface area contributed by atoms with Gasteiger partial charge >= 0.3 is 5.97 Å². The number of hydrogen-bond acceptors (Lipinski definition) is 5. The molecule has 0 amide bonds. The van der Waals surface area contributed by atoms with E-state index < -0.39 is 11.6 Å². The van der Waals surface area contributed by atoms with Crippen molar-refractivity contribution in [3.8, 4) is 17.2 Å². The van der Waals surface area contributed by atoms with Crippen LogP contribution in [0.5, 0.6) is 17.2 Å². The number of anilines is 2. The van der Waals surface area contributed by atoms with Crippen molar-refractivity contribution in [2.24, 2.45) is 0 Å². The van der Waals surface area contributed by atoms with Crippen molar-refractivity contribution in [1.82, 2.24) is 0 Å². The van der Waals surface area contributed by atoms with E-state index in [-0.39, 0.29) is 31.8 Å². The summed E-state index contributed by atoms with van der Waals surface area (Å²) in [5.41, 5.74) is 1.22. The molecule has 0 radical (unpaired) electrons. The van der Waals surface area contributed by atoms with Gasteiger partial charge in [0.15, 0.2) is 0 Å². The lowest BCUT2D eigenvalue weighted by Gasteiger charge is -2.37. The number of rotatable bonds is 6. The zero-order valence-electron chi connectivity index (χ0n) is 21.2. The molecule has 5 nitrogen and oxygen atoms in total. The number of carbonyl (C=O) groups excluding carboxylic acids is 1. The topological polar surface area (TPSA) is 48.0 Å². The number of para-hydroxylation sites is 1. The first-order chi connectivity index (χ1) is 18.5. The SMILES string of the molecule is C=C(Cl)/C(Cl)=C(/Cl)C1=C(Cl)C2(OC1=O)c1ccc(OC(C)C)cc1Oc1cc(N(C)c3ccccc3)ccc12. The first-order valence-electron chi connectivity index (χ1n) is 12.0. The Morgan fingerprint density at radius 2 is 1.59 bits per heavy atom. The van der Waals surface area contributed by atoms with Gasteiger partial charge in [-0.15, -0.1) is 0 Å². The van der Waals surface area contributed by atoms with Crippen LogP contribution in [0.15, 0.2) is 99.0 Å². The molecule has 0 fully saturated rings. The van der Waals surface area contributed by atoms with Crippen LogP contribution in [0.2, 0.25) is 0 Å². The van der Waals surface area contributed by atoms with Gasteiger partial charge in [0.25, 0.3) is 0 Å². The number of allylic oxidation sites excluding steroid dienone is 2. The number of esters is 1. The van der Waals surface area contributed by atoms with Crippen LogP contribution in [-0.4, -0.2) is 19.1 Å². The van der Waals surface area contributed by atoms with Crippen LogP contribution in [0, 0.1) is 0 Å². The van der Waals surface area contributed by atoms with Crippen LogP contribution in [0.3, 0.4) is 0 Å². The van der Waals surface area contributed by atoms with E-state index in [2.05, 4.69) is 6.58 Å². The molecule has 2 aliphatic heterocycles. The van der Waals surface area contributed by atoms with Crippen molar-refractivity contribution in [2.45, 2.75) is 25.6 Å². The van der Waals surface area contributed by atoms with E-state index in [1.807, 2.05) is 74.3 Å². The Kier molecular flexibility index (Phi) is 7.38. The van der Waals surface area contributed by atoms with E-state index >= 15 is 0 Å². The van der Waals surface area contributed by atoms with Crippen molar-refractivity contribution in [1.29, 1.82) is 0 Å². The minimum atomic E-state index is -1.54. The average molecular weight is 603 g/mol. The Labute approximate surface area is 246 Å². The molecule has 2 aliphatic rings. The predicted molar refractivity (Wildman–Crippen MR) is 157 cm³/mol. The molecule has 1 spiro atoms. The molecule has 1 atom stereocenters. The minimum Gasteiger partial charge on any atom is -0.491 e. The average Bonchev–Trinajstić information content (AvgIpc) is 3.17. The molecule has 5 rings (SSSR count). The molecular weight excluding hydrogens is 580 g/mol. The lowest BCUT2D eigenvalue weighted by molar-refractivity contribution is -0.144. The number of benzene rings is 3. The molecule has 3 aromatic carbocycles. The van der Waals surface area contributed by atoms with E-state index in [1.54, 1.807) is 18.2 Å². The molecule has 2 heterocycles. The maximum atomic E-state index is 13.3. The van der Waals surface area contributed by atoms with Crippen LogP contribution >= 0.6 is 46.4 Å². The van der Waals surface area contributed by atoms with Crippen molar-refractivity contribution in [3.05, 3.63) is 110 Å². The van der Waals surface area contributed by atoms with Gasteiger partial charge in [-0.05, 0) is 50.2 Å². The van der Waals surface area contributed by atoms with Gasteiger partial charge in [0.1, 0.15) is 17.2 Å². The zero-order valence-corrected chi connectivity index (χ0v) is 24.3. The number of nitrogens with zero attached hydrogens (tertiary/aromatic N) is 1. The first-order valence-corrected chi connectivity index (χ1v) is 13.5. The Hall–Kier alpha value is -3.09. The monoisotopic (exact) mass is 601 g/mol. The van der Waals surface area contributed by atoms with Gasteiger partial charge in [0.2, 0.25) is 5.60 Å². The maximum absolute atomic E-state index is 13.3. The number of ether oxygens (including phenoxy) is 3. The Morgan fingerprint density at radius 3 is 2.23 bits per heavy atom. The molecule has 0 saturated heterocycles. The Morgan fingerprint density at radius 1 is 0.949 bits per heavy atom. The summed E-state index contributed by atoms with van der Waals surface area (Å²) in [6, 6.07) is 20.7. The molecule has 39 heavy (non-hydrogen) atoms. The summed E-state index contributed by atoms with van der Waals surface area (Å²) in [6.45, 7) is 7.45. The van der Waals surface area contributed by atoms with E-state index in [1.165, 1.54) is 0 Å². The van der Waals surface area contributed by atoms with Gasteiger partial charge in [-0.25, -0.2) is 4.79 Å². The second-order valence-electron chi connectivity index (χ2n) is 9.29. The van der Waals surface area contributed by atoms with E-state index in [0.29, 0.717) is 28.4 Å². The highest BCUT2D eigenvalue weighted by Gasteiger charge is 2.55. The van der Waals surface area contributed by atoms with Crippen LogP contribution in [0.1, 0.15) is 25.0 Å². The fraction of sp³-hybridized carbons (Fsp3) is 0.167. The smallest absolute Gasteiger partial charge is 0.342 e. The second-order valence-corrected chi connectivity index (χ2v) is 10.9. The quantitative estimate of drug-likeness (QED) is 0.208. The van der Waals surface area contributed by atoms with Gasteiger partial charge < -0.3 is 19.1 Å². The highest BCUT2D eigenvalue weighted by atomic mass is 35.5. The van der Waals surface area contributed by atoms with Gasteiger partial charge in [-0.1, -0.05) is 71.2 Å². The van der Waals surface area contributed by atoms with Gasteiger partial charge in [0, 0.05) is 41.7 Å². The first kappa shape index (κ1) is 27.5. The van der Waals surface area contributed by atoms with Gasteiger partial charge in [-0.2, -0.15) is 0 Å². The third-order valence-corrected chi connectivity index (χ3v) is 8.06. The predicted octanol–water partition coefficient (Wildman–Crippen LogP) is 9.08. The lowest BCUT2D eigenvalue weighted by atomic mass is 9.82. The van der Waals surface area contributed by atoms with Gasteiger partial charge in [-0.3, -0.25) is 0 Å². The summed E-state index contributed by atoms with van der Waals surface area (Å²) in [5, 5.41) is -0.267. The van der Waals surface area contributed by atoms with Crippen LogP contribution in [0.4, 0.5) is 11.4 Å². The third-order valence-electron chi connectivity index (χ3n) is 6.43. The summed E-state index contributed by atoms with van der Waals surface area (Å²) in [6.07, 6.45) is -0.0619. The molecule has 3 aromatic rings. The lowest BCUT2D eigenvalue weighted by Crippen LogP contribution is -2.33. The standard InChI is InChI=1S/C30H23Cl4NO4/c1-16(2)37-20-11-13-22-24(15-20)38-23-14-19(35(4)18-8-6-5-7-9-18)10-12-21(23)30(22)28(34)25(29(36)39-30)27(33)26(32)17(3)31/h5-16H,3H2,1-2,4H3/b27-26-. The second kappa shape index (κ2) is 10.5. The minimum absolute atomic E-state index is 0.0288. The van der Waals surface area contributed by atoms with E-state index in [9.17, 15) is 4.79 Å². The summed E-state index contributed by atoms with van der Waals surface area (Å²) in [4.78, 5) is 15.3. The van der Waals surface area contributed by atoms with Crippen molar-refractivity contribution < 1.29 is 19.0 Å². The molecule has 0 aromatic heterocycles. The van der Waals surface area contributed by atoms with Crippen LogP contribution < -0.4 is 14.4 Å². The highest BCUT2D eigenvalue weighted by Crippen LogP contribution is 2.59. The molecule has 0 N–H and O–H groups in total. The molecule has 200 valence electrons. The van der Waals surface area contributed by atoms with Crippen molar-refractivity contribution in [3.63, 3.8) is 0 Å². The van der Waals surface area contributed by atoms with E-state index in [4.69, 9.17) is 60.6 Å². The number of hydrogen-bond donors (Lipinski definition) is 0. The van der Waals surface area contributed by atoms with Crippen LogP contribution in [0.25, 0.3) is 0 Å². The van der Waals surface area contributed by atoms with Crippen molar-refractivity contribution >= 4 is 63.7 Å². The summed E-state index contributed by atoms with van der Waals surface area (Å²) >= 11 is 25.7. The molecule has 0 aliphatic carbocycles. The normalized spacial score (nSPS) is 18.3. The fourth-order valence-corrected chi connectivity index (χ4v) is 5.63. The summed E-state index contributed by atoms with van der Waals surface area (Å²) < 4.78 is 18.4. The third kappa shape index (κ3) is 4.68. The van der Waals surface area contributed by atoms with Crippen molar-refractivity contribution in [2.75, 3.05) is 11.9 Å². The Bertz CT molecular complexity index is 1560. The molecule has 1 unspecified atom stereocenters. The van der Waals surface area contributed by atoms with Crippen LogP contribution in [-0.2, 0) is 15.1 Å². The summed E-state index contributed by atoms with van der Waals surface area (Å²) in [5.74, 6) is 0.696.